The van der Waals surface area contributed by atoms with Gasteiger partial charge in [-0.15, -0.1) is 0 Å². The Labute approximate surface area is 154 Å². The SMILES string of the molecule is CCn1ccc(=O)nc1SCC(=O)N1CCCc2cc([N+](=O)[O-])ccc21. The zero-order chi connectivity index (χ0) is 18.7. The van der Waals surface area contributed by atoms with Gasteiger partial charge in [0.15, 0.2) is 5.16 Å². The second-order valence-electron chi connectivity index (χ2n) is 5.84. The lowest BCUT2D eigenvalue weighted by Crippen LogP contribution is -2.36. The largest absolute Gasteiger partial charge is 0.328 e. The fraction of sp³-hybridized carbons (Fsp3) is 0.353. The molecule has 1 aliphatic rings. The number of amides is 1. The molecule has 1 aromatic heterocycles. The van der Waals surface area contributed by atoms with Crippen molar-refractivity contribution in [2.24, 2.45) is 0 Å². The molecule has 2 heterocycles. The number of rotatable bonds is 5. The van der Waals surface area contributed by atoms with Gasteiger partial charge in [-0.2, -0.15) is 4.98 Å². The summed E-state index contributed by atoms with van der Waals surface area (Å²) in [6.45, 7) is 3.17. The number of benzene rings is 1. The van der Waals surface area contributed by atoms with Crippen LogP contribution in [0, 0.1) is 10.1 Å². The Morgan fingerprint density at radius 2 is 2.19 bits per heavy atom. The third kappa shape index (κ3) is 3.77. The third-order valence-electron chi connectivity index (χ3n) is 4.21. The van der Waals surface area contributed by atoms with E-state index in [1.165, 1.54) is 30.0 Å². The van der Waals surface area contributed by atoms with Gasteiger partial charge >= 0.3 is 0 Å². The molecule has 0 N–H and O–H groups in total. The number of carbonyl (C=O) groups is 1. The van der Waals surface area contributed by atoms with E-state index in [2.05, 4.69) is 4.98 Å². The average molecular weight is 374 g/mol. The molecule has 1 amide bonds. The number of nitro benzene ring substituents is 1. The molecule has 3 rings (SSSR count). The van der Waals surface area contributed by atoms with E-state index in [0.29, 0.717) is 24.7 Å². The second-order valence-corrected chi connectivity index (χ2v) is 6.78. The number of hydrogen-bond acceptors (Lipinski definition) is 6. The Bertz CT molecular complexity index is 912. The number of nitro groups is 1. The third-order valence-corrected chi connectivity index (χ3v) is 5.18. The van der Waals surface area contributed by atoms with Crippen molar-refractivity contribution in [3.05, 3.63) is 56.5 Å². The predicted octanol–water partition coefficient (Wildman–Crippen LogP) is 2.24. The minimum atomic E-state index is -0.429. The molecule has 2 aromatic rings. The van der Waals surface area contributed by atoms with Crippen LogP contribution in [0.4, 0.5) is 11.4 Å². The summed E-state index contributed by atoms with van der Waals surface area (Å²) in [6.07, 6.45) is 3.13. The van der Waals surface area contributed by atoms with Gasteiger partial charge in [0, 0.05) is 43.2 Å². The fourth-order valence-electron chi connectivity index (χ4n) is 2.93. The van der Waals surface area contributed by atoms with Crippen LogP contribution in [-0.2, 0) is 17.8 Å². The van der Waals surface area contributed by atoms with Gasteiger partial charge in [-0.05, 0) is 31.4 Å². The highest BCUT2D eigenvalue weighted by atomic mass is 32.2. The molecule has 0 spiro atoms. The maximum atomic E-state index is 12.7. The summed E-state index contributed by atoms with van der Waals surface area (Å²) in [4.78, 5) is 40.3. The van der Waals surface area contributed by atoms with Crippen molar-refractivity contribution in [2.75, 3.05) is 17.2 Å². The number of nitrogens with zero attached hydrogens (tertiary/aromatic N) is 4. The Balaban J connectivity index is 1.77. The minimum Gasteiger partial charge on any atom is -0.328 e. The van der Waals surface area contributed by atoms with E-state index in [4.69, 9.17) is 0 Å². The van der Waals surface area contributed by atoms with Gasteiger partial charge in [0.25, 0.3) is 11.2 Å². The second kappa shape index (κ2) is 7.69. The summed E-state index contributed by atoms with van der Waals surface area (Å²) < 4.78 is 1.81. The molecule has 0 bridgehead atoms. The molecule has 0 saturated heterocycles. The number of non-ortho nitro benzene ring substituents is 1. The van der Waals surface area contributed by atoms with Crippen LogP contribution < -0.4 is 10.5 Å². The minimum absolute atomic E-state index is 0.0351. The Kier molecular flexibility index (Phi) is 5.36. The molecule has 0 aliphatic carbocycles. The topological polar surface area (TPSA) is 98.3 Å². The first kappa shape index (κ1) is 18.1. The summed E-state index contributed by atoms with van der Waals surface area (Å²) in [5.41, 5.74) is 1.24. The highest BCUT2D eigenvalue weighted by molar-refractivity contribution is 7.99. The molecule has 26 heavy (non-hydrogen) atoms. The number of aryl methyl sites for hydroxylation is 2. The molecule has 136 valence electrons. The lowest BCUT2D eigenvalue weighted by Gasteiger charge is -2.29. The number of fused-ring (bicyclic) bond motifs is 1. The van der Waals surface area contributed by atoms with Gasteiger partial charge in [-0.3, -0.25) is 19.7 Å². The van der Waals surface area contributed by atoms with Crippen molar-refractivity contribution in [2.45, 2.75) is 31.5 Å². The van der Waals surface area contributed by atoms with Crippen molar-refractivity contribution in [3.8, 4) is 0 Å². The van der Waals surface area contributed by atoms with E-state index in [1.807, 2.05) is 11.5 Å². The van der Waals surface area contributed by atoms with Gasteiger partial charge in [-0.25, -0.2) is 0 Å². The summed E-state index contributed by atoms with van der Waals surface area (Å²) >= 11 is 1.22. The van der Waals surface area contributed by atoms with Crippen molar-refractivity contribution >= 4 is 29.0 Å². The zero-order valence-corrected chi connectivity index (χ0v) is 15.1. The summed E-state index contributed by atoms with van der Waals surface area (Å²) in [7, 11) is 0. The normalized spacial score (nSPS) is 13.3. The quantitative estimate of drug-likeness (QED) is 0.344. The number of carbonyl (C=O) groups excluding carboxylic acids is 1. The van der Waals surface area contributed by atoms with Gasteiger partial charge in [-0.1, -0.05) is 11.8 Å². The number of aromatic nitrogens is 2. The lowest BCUT2D eigenvalue weighted by atomic mass is 10.0. The molecular weight excluding hydrogens is 356 g/mol. The highest BCUT2D eigenvalue weighted by Gasteiger charge is 2.24. The predicted molar refractivity (Wildman–Crippen MR) is 98.7 cm³/mol. The van der Waals surface area contributed by atoms with Crippen molar-refractivity contribution < 1.29 is 9.72 Å². The lowest BCUT2D eigenvalue weighted by molar-refractivity contribution is -0.384. The number of hydrogen-bond donors (Lipinski definition) is 0. The van der Waals surface area contributed by atoms with Crippen LogP contribution in [0.3, 0.4) is 0 Å². The molecule has 1 aliphatic heterocycles. The van der Waals surface area contributed by atoms with Crippen LogP contribution in [0.1, 0.15) is 18.9 Å². The average Bonchev–Trinajstić information content (AvgIpc) is 2.65. The van der Waals surface area contributed by atoms with Crippen LogP contribution in [0.25, 0.3) is 0 Å². The smallest absolute Gasteiger partial charge is 0.273 e. The molecule has 0 atom stereocenters. The Morgan fingerprint density at radius 1 is 1.38 bits per heavy atom. The van der Waals surface area contributed by atoms with E-state index in [9.17, 15) is 19.7 Å². The van der Waals surface area contributed by atoms with E-state index in [0.717, 1.165) is 17.7 Å². The zero-order valence-electron chi connectivity index (χ0n) is 14.3. The first-order valence-corrected chi connectivity index (χ1v) is 9.26. The molecule has 0 fully saturated rings. The maximum absolute atomic E-state index is 12.7. The van der Waals surface area contributed by atoms with Gasteiger partial charge in [0.05, 0.1) is 10.7 Å². The number of thioether (sulfide) groups is 1. The Morgan fingerprint density at radius 3 is 2.92 bits per heavy atom. The van der Waals surface area contributed by atoms with Crippen molar-refractivity contribution in [3.63, 3.8) is 0 Å². The summed E-state index contributed by atoms with van der Waals surface area (Å²) in [5, 5.41) is 11.4. The number of anilines is 1. The maximum Gasteiger partial charge on any atom is 0.273 e. The van der Waals surface area contributed by atoms with E-state index >= 15 is 0 Å². The molecular formula is C17H18N4O4S. The first-order chi connectivity index (χ1) is 12.5. The van der Waals surface area contributed by atoms with Crippen LogP contribution >= 0.6 is 11.8 Å². The molecule has 8 nitrogen and oxygen atoms in total. The van der Waals surface area contributed by atoms with Crippen molar-refractivity contribution in [1.29, 1.82) is 0 Å². The molecule has 1 aromatic carbocycles. The highest BCUT2D eigenvalue weighted by Crippen LogP contribution is 2.31. The van der Waals surface area contributed by atoms with E-state index in [-0.39, 0.29) is 22.9 Å². The standard InChI is InChI=1S/C17H18N4O4S/c1-2-19-9-7-15(22)18-17(19)26-11-16(23)20-8-3-4-12-10-13(21(24)25)5-6-14(12)20/h5-7,9-10H,2-4,8,11H2,1H3. The molecule has 0 saturated carbocycles. The molecule has 9 heteroatoms. The first-order valence-electron chi connectivity index (χ1n) is 8.27. The van der Waals surface area contributed by atoms with E-state index in [1.54, 1.807) is 17.2 Å². The van der Waals surface area contributed by atoms with Gasteiger partial charge < -0.3 is 9.47 Å². The molecule has 0 radical (unpaired) electrons. The van der Waals surface area contributed by atoms with Crippen molar-refractivity contribution in [1.82, 2.24) is 9.55 Å². The molecule has 0 unspecified atom stereocenters. The van der Waals surface area contributed by atoms with Crippen LogP contribution in [-0.4, -0.2) is 32.7 Å². The summed E-state index contributed by atoms with van der Waals surface area (Å²) in [6, 6.07) is 5.99. The fourth-order valence-corrected chi connectivity index (χ4v) is 3.85. The van der Waals surface area contributed by atoms with Crippen LogP contribution in [0.15, 0.2) is 40.4 Å². The van der Waals surface area contributed by atoms with E-state index < -0.39 is 4.92 Å². The van der Waals surface area contributed by atoms with Gasteiger partial charge in [0.2, 0.25) is 5.91 Å². The van der Waals surface area contributed by atoms with Gasteiger partial charge in [0.1, 0.15) is 0 Å². The van der Waals surface area contributed by atoms with Crippen LogP contribution in [0.2, 0.25) is 0 Å². The summed E-state index contributed by atoms with van der Waals surface area (Å²) in [5.74, 6) is 0.0398. The van der Waals surface area contributed by atoms with Crippen LogP contribution in [0.5, 0.6) is 0 Å². The Hall–Kier alpha value is -2.68. The monoisotopic (exact) mass is 374 g/mol.